The van der Waals surface area contributed by atoms with Gasteiger partial charge in [0.25, 0.3) is 0 Å². The minimum Gasteiger partial charge on any atom is -0.492 e. The summed E-state index contributed by atoms with van der Waals surface area (Å²) in [6.07, 6.45) is 1.44. The maximum atomic E-state index is 12.9. The Kier molecular flexibility index (Phi) is 6.05. The number of imidazole rings is 1. The topological polar surface area (TPSA) is 47.4 Å². The van der Waals surface area contributed by atoms with Crippen LogP contribution in [0.4, 0.5) is 5.69 Å². The smallest absolute Gasteiger partial charge is 0.227 e. The first-order valence-corrected chi connectivity index (χ1v) is 11.7. The number of rotatable bonds is 7. The summed E-state index contributed by atoms with van der Waals surface area (Å²) in [6, 6.07) is 23.8. The quantitative estimate of drug-likeness (QED) is 0.348. The maximum Gasteiger partial charge on any atom is 0.227 e. The van der Waals surface area contributed by atoms with Crippen LogP contribution in [-0.4, -0.2) is 28.6 Å². The summed E-state index contributed by atoms with van der Waals surface area (Å²) in [5, 5.41) is 0.625. The fraction of sp³-hybridized carbons (Fsp3) is 0.259. The zero-order valence-corrected chi connectivity index (χ0v) is 19.3. The summed E-state index contributed by atoms with van der Waals surface area (Å²) in [7, 11) is 0. The molecule has 1 saturated heterocycles. The van der Waals surface area contributed by atoms with Gasteiger partial charge in [0.15, 0.2) is 0 Å². The van der Waals surface area contributed by atoms with Crippen molar-refractivity contribution in [3.05, 3.63) is 89.2 Å². The van der Waals surface area contributed by atoms with Crippen LogP contribution in [0.15, 0.2) is 72.8 Å². The number of hydrogen-bond donors (Lipinski definition) is 0. The number of hydrogen-bond acceptors (Lipinski definition) is 3. The summed E-state index contributed by atoms with van der Waals surface area (Å²) in [5.74, 6) is 1.89. The molecule has 0 saturated carbocycles. The highest BCUT2D eigenvalue weighted by Crippen LogP contribution is 2.34. The fourth-order valence-corrected chi connectivity index (χ4v) is 4.68. The van der Waals surface area contributed by atoms with E-state index in [2.05, 4.69) is 29.7 Å². The van der Waals surface area contributed by atoms with E-state index in [1.807, 2.05) is 59.5 Å². The van der Waals surface area contributed by atoms with Gasteiger partial charge in [-0.3, -0.25) is 4.79 Å². The predicted molar refractivity (Wildman–Crippen MR) is 132 cm³/mol. The molecule has 5 rings (SSSR count). The third kappa shape index (κ3) is 4.46. The SMILES string of the molecule is CCc1ccc(OCCn2c([C@H]3CC(=O)N(c4cccc(Cl)c4)C3)nc3ccccc32)cc1. The van der Waals surface area contributed by atoms with Crippen LogP contribution >= 0.6 is 11.6 Å². The number of aryl methyl sites for hydroxylation is 1. The number of aromatic nitrogens is 2. The molecule has 1 atom stereocenters. The van der Waals surface area contributed by atoms with E-state index in [-0.39, 0.29) is 11.8 Å². The van der Waals surface area contributed by atoms with Crippen molar-refractivity contribution in [2.45, 2.75) is 32.2 Å². The number of carbonyl (C=O) groups is 1. The molecule has 1 aliphatic heterocycles. The minimum atomic E-state index is 0.00715. The van der Waals surface area contributed by atoms with Gasteiger partial charge in [-0.05, 0) is 54.4 Å². The van der Waals surface area contributed by atoms with Crippen LogP contribution in [0.2, 0.25) is 5.02 Å². The van der Waals surface area contributed by atoms with Gasteiger partial charge < -0.3 is 14.2 Å². The molecular weight excluding hydrogens is 434 g/mol. The Morgan fingerprint density at radius 1 is 1.06 bits per heavy atom. The number of fused-ring (bicyclic) bond motifs is 1. The summed E-state index contributed by atoms with van der Waals surface area (Å²) in [6.45, 7) is 3.91. The third-order valence-corrected chi connectivity index (χ3v) is 6.44. The summed E-state index contributed by atoms with van der Waals surface area (Å²) in [5.41, 5.74) is 4.12. The first kappa shape index (κ1) is 21.5. The Labute approximate surface area is 198 Å². The summed E-state index contributed by atoms with van der Waals surface area (Å²) in [4.78, 5) is 19.6. The van der Waals surface area contributed by atoms with Crippen molar-refractivity contribution in [3.8, 4) is 5.75 Å². The molecule has 1 fully saturated rings. The highest BCUT2D eigenvalue weighted by Gasteiger charge is 2.34. The number of halogens is 1. The van der Waals surface area contributed by atoms with E-state index < -0.39 is 0 Å². The standard InChI is InChI=1S/C27H26ClN3O2/c1-2-19-10-12-23(13-11-19)33-15-14-30-25-9-4-3-8-24(25)29-27(30)20-16-26(32)31(18-20)22-7-5-6-21(28)17-22/h3-13,17,20H,2,14-16,18H2,1H3/t20-/m0/s1. The lowest BCUT2D eigenvalue weighted by molar-refractivity contribution is -0.117. The van der Waals surface area contributed by atoms with Gasteiger partial charge in [-0.1, -0.05) is 48.9 Å². The maximum absolute atomic E-state index is 12.9. The van der Waals surface area contributed by atoms with Crippen molar-refractivity contribution in [1.29, 1.82) is 0 Å². The molecule has 0 N–H and O–H groups in total. The number of carbonyl (C=O) groups excluding carboxylic acids is 1. The van der Waals surface area contributed by atoms with E-state index in [1.165, 1.54) is 5.56 Å². The van der Waals surface area contributed by atoms with Crippen LogP contribution < -0.4 is 9.64 Å². The predicted octanol–water partition coefficient (Wildman–Crippen LogP) is 5.85. The van der Waals surface area contributed by atoms with Crippen LogP contribution in [0.5, 0.6) is 5.75 Å². The minimum absolute atomic E-state index is 0.00715. The molecule has 1 aliphatic rings. The molecule has 0 radical (unpaired) electrons. The molecule has 0 spiro atoms. The van der Waals surface area contributed by atoms with Gasteiger partial charge in [0.2, 0.25) is 5.91 Å². The lowest BCUT2D eigenvalue weighted by atomic mass is 10.1. The molecule has 168 valence electrons. The van der Waals surface area contributed by atoms with Crippen molar-refractivity contribution >= 4 is 34.2 Å². The van der Waals surface area contributed by atoms with E-state index in [4.69, 9.17) is 21.3 Å². The Morgan fingerprint density at radius 3 is 2.67 bits per heavy atom. The van der Waals surface area contributed by atoms with E-state index in [0.717, 1.165) is 34.7 Å². The van der Waals surface area contributed by atoms with Crippen molar-refractivity contribution < 1.29 is 9.53 Å². The molecule has 0 unspecified atom stereocenters. The van der Waals surface area contributed by atoms with Gasteiger partial charge in [-0.25, -0.2) is 4.98 Å². The highest BCUT2D eigenvalue weighted by atomic mass is 35.5. The molecule has 1 amide bonds. The van der Waals surface area contributed by atoms with Crippen LogP contribution in [0.25, 0.3) is 11.0 Å². The lowest BCUT2D eigenvalue weighted by Crippen LogP contribution is -2.24. The van der Waals surface area contributed by atoms with E-state index in [1.54, 1.807) is 0 Å². The first-order valence-electron chi connectivity index (χ1n) is 11.3. The number of amides is 1. The van der Waals surface area contributed by atoms with Crippen LogP contribution in [0.1, 0.15) is 30.7 Å². The molecular formula is C27H26ClN3O2. The Hall–Kier alpha value is -3.31. The van der Waals surface area contributed by atoms with Gasteiger partial charge in [0.05, 0.1) is 17.6 Å². The lowest BCUT2D eigenvalue weighted by Gasteiger charge is -2.18. The van der Waals surface area contributed by atoms with Gasteiger partial charge >= 0.3 is 0 Å². The molecule has 1 aromatic heterocycles. The van der Waals surface area contributed by atoms with Crippen molar-refractivity contribution in [3.63, 3.8) is 0 Å². The van der Waals surface area contributed by atoms with Crippen molar-refractivity contribution in [1.82, 2.24) is 9.55 Å². The summed E-state index contributed by atoms with van der Waals surface area (Å²) >= 11 is 6.16. The number of anilines is 1. The molecule has 6 heteroatoms. The second-order valence-electron chi connectivity index (χ2n) is 8.34. The molecule has 3 aromatic carbocycles. The highest BCUT2D eigenvalue weighted by molar-refractivity contribution is 6.30. The van der Waals surface area contributed by atoms with Gasteiger partial charge in [0.1, 0.15) is 18.2 Å². The van der Waals surface area contributed by atoms with E-state index in [9.17, 15) is 4.79 Å². The average Bonchev–Trinajstić information content (AvgIpc) is 3.40. The zero-order valence-electron chi connectivity index (χ0n) is 18.6. The van der Waals surface area contributed by atoms with Gasteiger partial charge in [-0.15, -0.1) is 0 Å². The number of benzene rings is 3. The fourth-order valence-electron chi connectivity index (χ4n) is 4.49. The van der Waals surface area contributed by atoms with Crippen molar-refractivity contribution in [2.75, 3.05) is 18.1 Å². The van der Waals surface area contributed by atoms with Crippen LogP contribution in [0, 0.1) is 0 Å². The van der Waals surface area contributed by atoms with Crippen molar-refractivity contribution in [2.24, 2.45) is 0 Å². The Balaban J connectivity index is 1.38. The normalized spacial score (nSPS) is 16.0. The Morgan fingerprint density at radius 2 is 1.88 bits per heavy atom. The third-order valence-electron chi connectivity index (χ3n) is 6.21. The summed E-state index contributed by atoms with van der Waals surface area (Å²) < 4.78 is 8.23. The number of para-hydroxylation sites is 2. The number of nitrogens with zero attached hydrogens (tertiary/aromatic N) is 3. The molecule has 33 heavy (non-hydrogen) atoms. The molecule has 4 aromatic rings. The Bertz CT molecular complexity index is 1280. The molecule has 0 bridgehead atoms. The average molecular weight is 460 g/mol. The monoisotopic (exact) mass is 459 g/mol. The van der Waals surface area contributed by atoms with E-state index >= 15 is 0 Å². The molecule has 5 nitrogen and oxygen atoms in total. The second-order valence-corrected chi connectivity index (χ2v) is 8.78. The first-order chi connectivity index (χ1) is 16.1. The van der Waals surface area contributed by atoms with Crippen LogP contribution in [-0.2, 0) is 17.8 Å². The molecule has 0 aliphatic carbocycles. The largest absolute Gasteiger partial charge is 0.492 e. The molecule has 2 heterocycles. The number of ether oxygens (including phenoxy) is 1. The van der Waals surface area contributed by atoms with Gasteiger partial charge in [0, 0.05) is 29.6 Å². The van der Waals surface area contributed by atoms with E-state index in [0.29, 0.717) is 31.1 Å². The van der Waals surface area contributed by atoms with Crippen LogP contribution in [0.3, 0.4) is 0 Å². The van der Waals surface area contributed by atoms with Gasteiger partial charge in [-0.2, -0.15) is 0 Å². The zero-order chi connectivity index (χ0) is 22.8. The second kappa shape index (κ2) is 9.28.